The lowest BCUT2D eigenvalue weighted by molar-refractivity contribution is -0.141. The van der Waals surface area contributed by atoms with Crippen LogP contribution in [0.5, 0.6) is 0 Å². The summed E-state index contributed by atoms with van der Waals surface area (Å²) in [4.78, 5) is 0. The summed E-state index contributed by atoms with van der Waals surface area (Å²) in [6.45, 7) is 5.10. The first-order chi connectivity index (χ1) is 8.11. The van der Waals surface area contributed by atoms with Crippen molar-refractivity contribution >= 4 is 15.9 Å². The van der Waals surface area contributed by atoms with Crippen LogP contribution in [-0.4, -0.2) is 22.0 Å². The summed E-state index contributed by atoms with van der Waals surface area (Å²) >= 11 is 3.61. The Labute approximate surface area is 111 Å². The molecule has 0 radical (unpaired) electrons. The number of hydrogen-bond donors (Lipinski definition) is 0. The van der Waals surface area contributed by atoms with E-state index >= 15 is 0 Å². The van der Waals surface area contributed by atoms with E-state index in [1.54, 1.807) is 0 Å². The van der Waals surface area contributed by atoms with Crippen molar-refractivity contribution in [1.82, 2.24) is 9.78 Å². The first-order valence-electron chi connectivity index (χ1n) is 6.46. The quantitative estimate of drug-likeness (QED) is 0.793. The summed E-state index contributed by atoms with van der Waals surface area (Å²) < 4.78 is 9.35. The summed E-state index contributed by atoms with van der Waals surface area (Å²) in [5.41, 5.74) is 2.54. The SMILES string of the molecule is Cc1nn(C2CCOC3(CCC3)C2)c(C)c1Br. The third-order valence-electron chi connectivity index (χ3n) is 4.31. The second kappa shape index (κ2) is 4.09. The number of nitrogens with zero attached hydrogens (tertiary/aromatic N) is 2. The van der Waals surface area contributed by atoms with Crippen LogP contribution in [0.1, 0.15) is 49.5 Å². The van der Waals surface area contributed by atoms with Gasteiger partial charge in [0.2, 0.25) is 0 Å². The first kappa shape index (κ1) is 11.7. The van der Waals surface area contributed by atoms with Gasteiger partial charge in [0.05, 0.1) is 27.5 Å². The lowest BCUT2D eigenvalue weighted by Gasteiger charge is -2.47. The molecule has 1 aliphatic heterocycles. The molecule has 4 heteroatoms. The number of ether oxygens (including phenoxy) is 1. The molecule has 1 unspecified atom stereocenters. The average Bonchev–Trinajstić information content (AvgIpc) is 2.55. The molecular formula is C13H19BrN2O. The van der Waals surface area contributed by atoms with E-state index in [0.29, 0.717) is 6.04 Å². The Bertz CT molecular complexity index is 437. The molecule has 1 aromatic heterocycles. The highest BCUT2D eigenvalue weighted by atomic mass is 79.9. The molecule has 0 N–H and O–H groups in total. The van der Waals surface area contributed by atoms with Crippen LogP contribution in [0.3, 0.4) is 0 Å². The molecule has 0 amide bonds. The maximum absolute atomic E-state index is 5.98. The number of aryl methyl sites for hydroxylation is 1. The molecule has 1 aromatic rings. The van der Waals surface area contributed by atoms with Crippen LogP contribution in [0.4, 0.5) is 0 Å². The number of hydrogen-bond acceptors (Lipinski definition) is 2. The Morgan fingerprint density at radius 3 is 2.71 bits per heavy atom. The van der Waals surface area contributed by atoms with Crippen LogP contribution in [0.2, 0.25) is 0 Å². The highest BCUT2D eigenvalue weighted by Crippen LogP contribution is 2.46. The summed E-state index contributed by atoms with van der Waals surface area (Å²) in [5.74, 6) is 0. The molecule has 1 spiro atoms. The van der Waals surface area contributed by atoms with Crippen LogP contribution < -0.4 is 0 Å². The molecule has 0 bridgehead atoms. The van der Waals surface area contributed by atoms with Gasteiger partial charge in [0.15, 0.2) is 0 Å². The predicted molar refractivity (Wildman–Crippen MR) is 70.2 cm³/mol. The highest BCUT2D eigenvalue weighted by Gasteiger charge is 2.43. The van der Waals surface area contributed by atoms with E-state index in [0.717, 1.165) is 29.6 Å². The van der Waals surface area contributed by atoms with Gasteiger partial charge in [-0.1, -0.05) is 0 Å². The minimum atomic E-state index is 0.196. The zero-order valence-corrected chi connectivity index (χ0v) is 12.1. The van der Waals surface area contributed by atoms with Gasteiger partial charge in [0.25, 0.3) is 0 Å². The van der Waals surface area contributed by atoms with E-state index in [1.165, 1.54) is 25.0 Å². The fraction of sp³-hybridized carbons (Fsp3) is 0.769. The van der Waals surface area contributed by atoms with Gasteiger partial charge in [-0.2, -0.15) is 5.10 Å². The minimum absolute atomic E-state index is 0.196. The van der Waals surface area contributed by atoms with Crippen molar-refractivity contribution in [2.75, 3.05) is 6.61 Å². The fourth-order valence-electron chi connectivity index (χ4n) is 3.13. The van der Waals surface area contributed by atoms with Crippen molar-refractivity contribution in [3.63, 3.8) is 0 Å². The molecule has 0 aromatic carbocycles. The maximum atomic E-state index is 5.98. The van der Waals surface area contributed by atoms with Crippen molar-refractivity contribution in [2.45, 2.75) is 57.6 Å². The number of halogens is 1. The summed E-state index contributed by atoms with van der Waals surface area (Å²) in [6.07, 6.45) is 6.04. The molecule has 1 saturated carbocycles. The third kappa shape index (κ3) is 1.85. The largest absolute Gasteiger partial charge is 0.375 e. The number of aromatic nitrogens is 2. The Kier molecular flexibility index (Phi) is 2.82. The van der Waals surface area contributed by atoms with Gasteiger partial charge in [-0.15, -0.1) is 0 Å². The van der Waals surface area contributed by atoms with Crippen molar-refractivity contribution in [2.24, 2.45) is 0 Å². The van der Waals surface area contributed by atoms with Crippen molar-refractivity contribution < 1.29 is 4.74 Å². The molecule has 17 heavy (non-hydrogen) atoms. The molecule has 2 fully saturated rings. The van der Waals surface area contributed by atoms with Crippen LogP contribution in [-0.2, 0) is 4.74 Å². The molecule has 1 aliphatic carbocycles. The molecule has 3 rings (SSSR count). The normalized spacial score (nSPS) is 27.1. The minimum Gasteiger partial charge on any atom is -0.375 e. The van der Waals surface area contributed by atoms with E-state index in [-0.39, 0.29) is 5.60 Å². The van der Waals surface area contributed by atoms with E-state index in [2.05, 4.69) is 39.6 Å². The van der Waals surface area contributed by atoms with Gasteiger partial charge in [0.1, 0.15) is 0 Å². The summed E-state index contributed by atoms with van der Waals surface area (Å²) in [6, 6.07) is 0.522. The van der Waals surface area contributed by atoms with Crippen LogP contribution in [0, 0.1) is 13.8 Å². The maximum Gasteiger partial charge on any atom is 0.0738 e. The molecule has 94 valence electrons. The van der Waals surface area contributed by atoms with Gasteiger partial charge in [-0.3, -0.25) is 4.68 Å². The summed E-state index contributed by atoms with van der Waals surface area (Å²) in [5, 5.41) is 4.67. The topological polar surface area (TPSA) is 27.1 Å². The van der Waals surface area contributed by atoms with Crippen LogP contribution >= 0.6 is 15.9 Å². The Balaban J connectivity index is 1.85. The van der Waals surface area contributed by atoms with Gasteiger partial charge in [-0.05, 0) is 61.9 Å². The van der Waals surface area contributed by atoms with Gasteiger partial charge < -0.3 is 4.74 Å². The van der Waals surface area contributed by atoms with Crippen molar-refractivity contribution in [3.8, 4) is 0 Å². The van der Waals surface area contributed by atoms with Gasteiger partial charge in [0, 0.05) is 6.61 Å². The van der Waals surface area contributed by atoms with E-state index < -0.39 is 0 Å². The lowest BCUT2D eigenvalue weighted by Crippen LogP contribution is -2.46. The van der Waals surface area contributed by atoms with Crippen molar-refractivity contribution in [3.05, 3.63) is 15.9 Å². The smallest absolute Gasteiger partial charge is 0.0738 e. The number of rotatable bonds is 1. The lowest BCUT2D eigenvalue weighted by atomic mass is 9.74. The Morgan fingerprint density at radius 2 is 2.18 bits per heavy atom. The van der Waals surface area contributed by atoms with E-state index in [4.69, 9.17) is 4.74 Å². The summed E-state index contributed by atoms with van der Waals surface area (Å²) in [7, 11) is 0. The van der Waals surface area contributed by atoms with Gasteiger partial charge >= 0.3 is 0 Å². The molecular weight excluding hydrogens is 280 g/mol. The molecule has 1 saturated heterocycles. The molecule has 2 heterocycles. The van der Waals surface area contributed by atoms with Crippen LogP contribution in [0.15, 0.2) is 4.47 Å². The standard InChI is InChI=1S/C13H19BrN2O/c1-9-12(14)10(2)16(15-9)11-4-7-17-13(8-11)5-3-6-13/h11H,3-8H2,1-2H3. The average molecular weight is 299 g/mol. The Hall–Kier alpha value is -0.350. The molecule has 1 atom stereocenters. The van der Waals surface area contributed by atoms with E-state index in [1.807, 2.05) is 0 Å². The Morgan fingerprint density at radius 1 is 1.41 bits per heavy atom. The predicted octanol–water partition coefficient (Wildman–Crippen LogP) is 3.54. The van der Waals surface area contributed by atoms with Crippen LogP contribution in [0.25, 0.3) is 0 Å². The molecule has 2 aliphatic rings. The van der Waals surface area contributed by atoms with Crippen molar-refractivity contribution in [1.29, 1.82) is 0 Å². The highest BCUT2D eigenvalue weighted by molar-refractivity contribution is 9.10. The monoisotopic (exact) mass is 298 g/mol. The molecule has 3 nitrogen and oxygen atoms in total. The van der Waals surface area contributed by atoms with E-state index in [9.17, 15) is 0 Å². The fourth-order valence-corrected chi connectivity index (χ4v) is 3.39. The second-order valence-electron chi connectivity index (χ2n) is 5.46. The zero-order chi connectivity index (χ0) is 12.0. The van der Waals surface area contributed by atoms with Gasteiger partial charge in [-0.25, -0.2) is 0 Å². The third-order valence-corrected chi connectivity index (χ3v) is 5.46. The first-order valence-corrected chi connectivity index (χ1v) is 7.26. The zero-order valence-electron chi connectivity index (χ0n) is 10.5. The second-order valence-corrected chi connectivity index (χ2v) is 6.25.